The molecule has 0 aliphatic rings. The third-order valence-corrected chi connectivity index (χ3v) is 3.24. The van der Waals surface area contributed by atoms with E-state index in [-0.39, 0.29) is 17.4 Å². The Labute approximate surface area is 116 Å². The molecule has 0 heterocycles. The second kappa shape index (κ2) is 5.67. The van der Waals surface area contributed by atoms with Crippen LogP contribution < -0.4 is 4.74 Å². The monoisotopic (exact) mass is 332 g/mol. The fourth-order valence-electron chi connectivity index (χ4n) is 1.44. The van der Waals surface area contributed by atoms with E-state index in [1.165, 1.54) is 24.3 Å². The molecule has 0 saturated heterocycles. The van der Waals surface area contributed by atoms with E-state index in [4.69, 9.17) is 16.3 Å². The van der Waals surface area contributed by atoms with Gasteiger partial charge < -0.3 is 4.74 Å². The second-order valence-corrected chi connectivity index (χ2v) is 4.66. The molecule has 5 heteroatoms. The standard InChI is InChI=1S/C13H8BrClF2O/c14-10-5-4-9(16)6-12(10)18-13-8(7-15)2-1-3-11(13)17/h1-6H,7H2. The van der Waals surface area contributed by atoms with Crippen LogP contribution in [0.25, 0.3) is 0 Å². The molecule has 0 N–H and O–H groups in total. The molecule has 0 aromatic heterocycles. The molecule has 2 rings (SSSR count). The van der Waals surface area contributed by atoms with Crippen molar-refractivity contribution in [3.05, 3.63) is 58.1 Å². The minimum absolute atomic E-state index is 0.0128. The maximum atomic E-state index is 13.7. The SMILES string of the molecule is Fc1ccc(Br)c(Oc2c(F)cccc2CCl)c1. The van der Waals surface area contributed by atoms with E-state index in [0.717, 1.165) is 0 Å². The number of halogens is 4. The van der Waals surface area contributed by atoms with Gasteiger partial charge in [0.15, 0.2) is 11.6 Å². The Morgan fingerprint density at radius 3 is 2.67 bits per heavy atom. The van der Waals surface area contributed by atoms with Crippen molar-refractivity contribution in [2.24, 2.45) is 0 Å². The molecule has 2 aromatic rings. The zero-order chi connectivity index (χ0) is 13.1. The average Bonchev–Trinajstić information content (AvgIpc) is 2.36. The summed E-state index contributed by atoms with van der Waals surface area (Å²) in [4.78, 5) is 0. The summed E-state index contributed by atoms with van der Waals surface area (Å²) < 4.78 is 32.7. The van der Waals surface area contributed by atoms with Gasteiger partial charge in [0.1, 0.15) is 11.6 Å². The summed E-state index contributed by atoms with van der Waals surface area (Å²) in [6.07, 6.45) is 0. The molecule has 0 spiro atoms. The quantitative estimate of drug-likeness (QED) is 0.696. The lowest BCUT2D eigenvalue weighted by atomic mass is 10.2. The van der Waals surface area contributed by atoms with Gasteiger partial charge in [0, 0.05) is 11.6 Å². The number of rotatable bonds is 3. The van der Waals surface area contributed by atoms with Crippen molar-refractivity contribution >= 4 is 27.5 Å². The summed E-state index contributed by atoms with van der Waals surface area (Å²) in [6.45, 7) is 0. The van der Waals surface area contributed by atoms with Crippen LogP contribution in [0, 0.1) is 11.6 Å². The third kappa shape index (κ3) is 2.82. The van der Waals surface area contributed by atoms with Gasteiger partial charge in [0.05, 0.1) is 10.4 Å². The third-order valence-electron chi connectivity index (χ3n) is 2.30. The Morgan fingerprint density at radius 1 is 1.17 bits per heavy atom. The molecule has 94 valence electrons. The van der Waals surface area contributed by atoms with Gasteiger partial charge in [-0.25, -0.2) is 8.78 Å². The molecular formula is C13H8BrClF2O. The van der Waals surface area contributed by atoms with Crippen LogP contribution >= 0.6 is 27.5 Å². The lowest BCUT2D eigenvalue weighted by Crippen LogP contribution is -1.94. The van der Waals surface area contributed by atoms with Crippen molar-refractivity contribution in [3.63, 3.8) is 0 Å². The van der Waals surface area contributed by atoms with Gasteiger partial charge in [-0.05, 0) is 34.1 Å². The fraction of sp³-hybridized carbons (Fsp3) is 0.0769. The molecule has 18 heavy (non-hydrogen) atoms. The number of ether oxygens (including phenoxy) is 1. The molecule has 0 atom stereocenters. The molecule has 1 nitrogen and oxygen atoms in total. The number of hydrogen-bond acceptors (Lipinski definition) is 1. The van der Waals surface area contributed by atoms with Gasteiger partial charge in [-0.2, -0.15) is 0 Å². The highest BCUT2D eigenvalue weighted by Crippen LogP contribution is 2.34. The van der Waals surface area contributed by atoms with Crippen molar-refractivity contribution in [2.75, 3.05) is 0 Å². The van der Waals surface area contributed by atoms with Crippen LogP contribution in [0.5, 0.6) is 11.5 Å². The number of alkyl halides is 1. The van der Waals surface area contributed by atoms with E-state index in [0.29, 0.717) is 10.0 Å². The molecule has 0 unspecified atom stereocenters. The second-order valence-electron chi connectivity index (χ2n) is 3.54. The molecule has 0 aliphatic carbocycles. The summed E-state index contributed by atoms with van der Waals surface area (Å²) in [5.74, 6) is -0.674. The predicted molar refractivity (Wildman–Crippen MR) is 70.1 cm³/mol. The molecule has 0 amide bonds. The Bertz CT molecular complexity index is 575. The first-order valence-corrected chi connectivity index (χ1v) is 6.41. The lowest BCUT2D eigenvalue weighted by molar-refractivity contribution is 0.432. The highest BCUT2D eigenvalue weighted by atomic mass is 79.9. The number of benzene rings is 2. The first-order chi connectivity index (χ1) is 8.61. The zero-order valence-electron chi connectivity index (χ0n) is 9.09. The topological polar surface area (TPSA) is 9.23 Å². The van der Waals surface area contributed by atoms with E-state index >= 15 is 0 Å². The van der Waals surface area contributed by atoms with Crippen LogP contribution in [0.15, 0.2) is 40.9 Å². The Kier molecular flexibility index (Phi) is 4.19. The van der Waals surface area contributed by atoms with Gasteiger partial charge in [0.25, 0.3) is 0 Å². The largest absolute Gasteiger partial charge is 0.453 e. The van der Waals surface area contributed by atoms with Crippen molar-refractivity contribution < 1.29 is 13.5 Å². The normalized spacial score (nSPS) is 10.4. The highest BCUT2D eigenvalue weighted by Gasteiger charge is 2.12. The Morgan fingerprint density at radius 2 is 1.94 bits per heavy atom. The Balaban J connectivity index is 2.42. The maximum absolute atomic E-state index is 13.7. The maximum Gasteiger partial charge on any atom is 0.167 e. The first-order valence-electron chi connectivity index (χ1n) is 5.08. The zero-order valence-corrected chi connectivity index (χ0v) is 11.4. The molecule has 0 radical (unpaired) electrons. The van der Waals surface area contributed by atoms with Crippen LogP contribution in [0.3, 0.4) is 0 Å². The van der Waals surface area contributed by atoms with Crippen LogP contribution in [-0.4, -0.2) is 0 Å². The highest BCUT2D eigenvalue weighted by molar-refractivity contribution is 9.10. The van der Waals surface area contributed by atoms with E-state index in [9.17, 15) is 8.78 Å². The van der Waals surface area contributed by atoms with Crippen LogP contribution in [0.4, 0.5) is 8.78 Å². The van der Waals surface area contributed by atoms with Crippen molar-refractivity contribution in [1.29, 1.82) is 0 Å². The molecule has 0 aliphatic heterocycles. The summed E-state index contributed by atoms with van der Waals surface area (Å²) in [7, 11) is 0. The van der Waals surface area contributed by atoms with E-state index in [1.807, 2.05) is 0 Å². The van der Waals surface area contributed by atoms with Crippen molar-refractivity contribution in [2.45, 2.75) is 5.88 Å². The summed E-state index contributed by atoms with van der Waals surface area (Å²) in [5, 5.41) is 0. The summed E-state index contributed by atoms with van der Waals surface area (Å²) in [6, 6.07) is 8.40. The summed E-state index contributed by atoms with van der Waals surface area (Å²) in [5.41, 5.74) is 0.507. The number of hydrogen-bond donors (Lipinski definition) is 0. The average molecular weight is 334 g/mol. The molecular weight excluding hydrogens is 325 g/mol. The fourth-order valence-corrected chi connectivity index (χ4v) is 1.98. The first kappa shape index (κ1) is 13.3. The molecule has 0 fully saturated rings. The van der Waals surface area contributed by atoms with Crippen molar-refractivity contribution in [3.8, 4) is 11.5 Å². The number of para-hydroxylation sites is 1. The van der Waals surface area contributed by atoms with Gasteiger partial charge in [0.2, 0.25) is 0 Å². The van der Waals surface area contributed by atoms with Crippen LogP contribution in [0.2, 0.25) is 0 Å². The van der Waals surface area contributed by atoms with E-state index in [2.05, 4.69) is 15.9 Å². The molecule has 0 bridgehead atoms. The predicted octanol–water partition coefficient (Wildman–Crippen LogP) is 5.26. The van der Waals surface area contributed by atoms with E-state index in [1.54, 1.807) is 12.1 Å². The van der Waals surface area contributed by atoms with Gasteiger partial charge in [-0.3, -0.25) is 0 Å². The van der Waals surface area contributed by atoms with Crippen LogP contribution in [-0.2, 0) is 5.88 Å². The van der Waals surface area contributed by atoms with Crippen LogP contribution in [0.1, 0.15) is 5.56 Å². The Hall–Kier alpha value is -1.13. The van der Waals surface area contributed by atoms with Gasteiger partial charge in [-0.1, -0.05) is 12.1 Å². The lowest BCUT2D eigenvalue weighted by Gasteiger charge is -2.11. The minimum Gasteiger partial charge on any atom is -0.453 e. The molecule has 0 saturated carbocycles. The van der Waals surface area contributed by atoms with Crippen molar-refractivity contribution in [1.82, 2.24) is 0 Å². The smallest absolute Gasteiger partial charge is 0.167 e. The summed E-state index contributed by atoms with van der Waals surface area (Å²) >= 11 is 8.92. The minimum atomic E-state index is -0.538. The van der Waals surface area contributed by atoms with Gasteiger partial charge in [-0.15, -0.1) is 11.6 Å². The van der Waals surface area contributed by atoms with Gasteiger partial charge >= 0.3 is 0 Å². The molecule has 2 aromatic carbocycles. The van der Waals surface area contributed by atoms with E-state index < -0.39 is 11.6 Å².